The Morgan fingerprint density at radius 2 is 1.96 bits per heavy atom. The monoisotopic (exact) mass is 407 g/mol. The Bertz CT molecular complexity index is 633. The lowest BCUT2D eigenvalue weighted by Gasteiger charge is -2.41. The highest BCUT2D eigenvalue weighted by Crippen LogP contribution is 2.39. The molecule has 1 aliphatic rings. The number of aliphatic hydroxyl groups is 1. The third-order valence-corrected chi connectivity index (χ3v) is 6.81. The first kappa shape index (κ1) is 18.8. The van der Waals surface area contributed by atoms with Crippen LogP contribution >= 0.6 is 15.9 Å². The van der Waals surface area contributed by atoms with E-state index in [0.717, 1.165) is 0 Å². The predicted molar refractivity (Wildman–Crippen MR) is 88.8 cm³/mol. The lowest BCUT2D eigenvalue weighted by molar-refractivity contribution is -0.193. The SMILES string of the molecule is CC(C)(C)OC(O)C1(S(=O)(=O)c2ccc(Br)nc2)CCOCC1. The Labute approximate surface area is 145 Å². The van der Waals surface area contributed by atoms with E-state index in [1.54, 1.807) is 26.8 Å². The summed E-state index contributed by atoms with van der Waals surface area (Å²) in [5, 5.41) is 10.6. The van der Waals surface area contributed by atoms with Gasteiger partial charge in [-0.15, -0.1) is 0 Å². The molecule has 2 rings (SSSR count). The van der Waals surface area contributed by atoms with E-state index >= 15 is 0 Å². The number of hydrogen-bond acceptors (Lipinski definition) is 6. The number of hydrogen-bond donors (Lipinski definition) is 1. The van der Waals surface area contributed by atoms with Crippen molar-refractivity contribution in [2.24, 2.45) is 0 Å². The minimum absolute atomic E-state index is 0.0687. The molecule has 1 unspecified atom stereocenters. The molecule has 1 saturated heterocycles. The molecule has 0 aliphatic carbocycles. The van der Waals surface area contributed by atoms with Gasteiger partial charge >= 0.3 is 0 Å². The zero-order chi connectivity index (χ0) is 17.3. The molecule has 130 valence electrons. The summed E-state index contributed by atoms with van der Waals surface area (Å²) in [6.07, 6.45) is 0.186. The average molecular weight is 408 g/mol. The second kappa shape index (κ2) is 6.76. The van der Waals surface area contributed by atoms with Crippen molar-refractivity contribution in [2.75, 3.05) is 13.2 Å². The zero-order valence-corrected chi connectivity index (χ0v) is 15.9. The molecule has 1 aromatic heterocycles. The number of ether oxygens (including phenoxy) is 2. The molecule has 1 aromatic rings. The smallest absolute Gasteiger partial charge is 0.190 e. The van der Waals surface area contributed by atoms with E-state index in [1.807, 2.05) is 0 Å². The molecular formula is C15H22BrNO5S. The van der Waals surface area contributed by atoms with Crippen molar-refractivity contribution in [3.05, 3.63) is 22.9 Å². The van der Waals surface area contributed by atoms with E-state index in [-0.39, 0.29) is 31.0 Å². The summed E-state index contributed by atoms with van der Waals surface area (Å²) in [7, 11) is -3.85. The van der Waals surface area contributed by atoms with Gasteiger partial charge in [0, 0.05) is 19.4 Å². The molecule has 2 heterocycles. The van der Waals surface area contributed by atoms with Crippen LogP contribution in [-0.4, -0.2) is 48.4 Å². The van der Waals surface area contributed by atoms with E-state index in [2.05, 4.69) is 20.9 Å². The number of halogens is 1. The van der Waals surface area contributed by atoms with E-state index in [0.29, 0.717) is 4.60 Å². The molecule has 0 saturated carbocycles. The fourth-order valence-corrected chi connectivity index (χ4v) is 4.72. The molecule has 8 heteroatoms. The molecule has 1 atom stereocenters. The van der Waals surface area contributed by atoms with Crippen LogP contribution in [-0.2, 0) is 19.3 Å². The summed E-state index contributed by atoms with van der Waals surface area (Å²) in [4.78, 5) is 4.06. The second-order valence-corrected chi connectivity index (χ2v) is 9.68. The Morgan fingerprint density at radius 3 is 2.43 bits per heavy atom. The summed E-state index contributed by atoms with van der Waals surface area (Å²) in [6, 6.07) is 3.05. The Hall–Kier alpha value is -0.540. The van der Waals surface area contributed by atoms with Gasteiger partial charge in [0.1, 0.15) is 9.35 Å². The van der Waals surface area contributed by atoms with E-state index in [4.69, 9.17) is 9.47 Å². The molecule has 1 aliphatic heterocycles. The summed E-state index contributed by atoms with van der Waals surface area (Å²) >= 11 is 3.19. The molecule has 0 radical (unpaired) electrons. The van der Waals surface area contributed by atoms with Crippen molar-refractivity contribution in [3.63, 3.8) is 0 Å². The van der Waals surface area contributed by atoms with Gasteiger partial charge in [-0.1, -0.05) is 0 Å². The van der Waals surface area contributed by atoms with Crippen molar-refractivity contribution in [1.82, 2.24) is 4.98 Å². The van der Waals surface area contributed by atoms with Gasteiger partial charge in [-0.25, -0.2) is 13.4 Å². The van der Waals surface area contributed by atoms with Gasteiger partial charge < -0.3 is 14.6 Å². The fraction of sp³-hybridized carbons (Fsp3) is 0.667. The van der Waals surface area contributed by atoms with Crippen LogP contribution in [0.25, 0.3) is 0 Å². The van der Waals surface area contributed by atoms with Gasteiger partial charge in [-0.3, -0.25) is 0 Å². The summed E-state index contributed by atoms with van der Waals surface area (Å²) in [6.45, 7) is 5.84. The third-order valence-electron chi connectivity index (χ3n) is 3.80. The third kappa shape index (κ3) is 3.93. The number of pyridine rings is 1. The number of rotatable bonds is 4. The van der Waals surface area contributed by atoms with Crippen LogP contribution in [0.15, 0.2) is 27.8 Å². The molecule has 0 spiro atoms. The van der Waals surface area contributed by atoms with Gasteiger partial charge in [-0.05, 0) is 61.7 Å². The fourth-order valence-electron chi connectivity index (χ4n) is 2.56. The van der Waals surface area contributed by atoms with Crippen molar-refractivity contribution >= 4 is 25.8 Å². The number of aromatic nitrogens is 1. The summed E-state index contributed by atoms with van der Waals surface area (Å²) < 4.78 is 36.4. The lowest BCUT2D eigenvalue weighted by atomic mass is 9.97. The number of aliphatic hydroxyl groups excluding tert-OH is 1. The lowest BCUT2D eigenvalue weighted by Crippen LogP contribution is -2.55. The van der Waals surface area contributed by atoms with Gasteiger partial charge in [0.25, 0.3) is 0 Å². The largest absolute Gasteiger partial charge is 0.381 e. The standard InChI is InChI=1S/C15H22BrNO5S/c1-14(2,3)22-13(18)15(6-8-21-9-7-15)23(19,20)11-4-5-12(16)17-10-11/h4-5,10,13,18H,6-9H2,1-3H3. The molecule has 23 heavy (non-hydrogen) atoms. The first-order valence-electron chi connectivity index (χ1n) is 7.38. The van der Waals surface area contributed by atoms with Crippen LogP contribution < -0.4 is 0 Å². The van der Waals surface area contributed by atoms with Crippen LogP contribution in [0.4, 0.5) is 0 Å². The second-order valence-electron chi connectivity index (χ2n) is 6.58. The Morgan fingerprint density at radius 1 is 1.35 bits per heavy atom. The predicted octanol–water partition coefficient (Wildman–Crippen LogP) is 2.30. The zero-order valence-electron chi connectivity index (χ0n) is 13.5. The van der Waals surface area contributed by atoms with Gasteiger partial charge in [0.05, 0.1) is 10.5 Å². The van der Waals surface area contributed by atoms with Crippen molar-refractivity contribution in [2.45, 2.75) is 55.1 Å². The van der Waals surface area contributed by atoms with Crippen LogP contribution in [0.5, 0.6) is 0 Å². The highest BCUT2D eigenvalue weighted by Gasteiger charge is 2.53. The van der Waals surface area contributed by atoms with Gasteiger partial charge in [-0.2, -0.15) is 0 Å². The highest BCUT2D eigenvalue weighted by molar-refractivity contribution is 9.10. The van der Waals surface area contributed by atoms with Crippen LogP contribution in [0.1, 0.15) is 33.6 Å². The molecular weight excluding hydrogens is 386 g/mol. The van der Waals surface area contributed by atoms with Crippen LogP contribution in [0, 0.1) is 0 Å². The quantitative estimate of drug-likeness (QED) is 0.608. The minimum Gasteiger partial charge on any atom is -0.381 e. The van der Waals surface area contributed by atoms with Crippen LogP contribution in [0.2, 0.25) is 0 Å². The van der Waals surface area contributed by atoms with Crippen molar-refractivity contribution in [3.8, 4) is 0 Å². The molecule has 0 bridgehead atoms. The van der Waals surface area contributed by atoms with Gasteiger partial charge in [0.15, 0.2) is 16.1 Å². The maximum atomic E-state index is 13.2. The molecule has 1 fully saturated rings. The first-order chi connectivity index (χ1) is 10.6. The number of sulfone groups is 1. The minimum atomic E-state index is -3.85. The molecule has 1 N–H and O–H groups in total. The Kier molecular flexibility index (Phi) is 5.52. The Balaban J connectivity index is 2.46. The van der Waals surface area contributed by atoms with E-state index in [1.165, 1.54) is 12.3 Å². The average Bonchev–Trinajstić information content (AvgIpc) is 2.46. The van der Waals surface area contributed by atoms with Crippen molar-refractivity contribution in [1.29, 1.82) is 0 Å². The maximum Gasteiger partial charge on any atom is 0.190 e. The van der Waals surface area contributed by atoms with E-state index < -0.39 is 26.5 Å². The normalized spacial score (nSPS) is 20.2. The number of nitrogens with zero attached hydrogens (tertiary/aromatic N) is 1. The molecule has 0 aromatic carbocycles. The van der Waals surface area contributed by atoms with Crippen LogP contribution in [0.3, 0.4) is 0 Å². The van der Waals surface area contributed by atoms with Gasteiger partial charge in [0.2, 0.25) is 0 Å². The summed E-state index contributed by atoms with van der Waals surface area (Å²) in [5.41, 5.74) is -0.668. The van der Waals surface area contributed by atoms with Crippen molar-refractivity contribution < 1.29 is 23.0 Å². The topological polar surface area (TPSA) is 85.7 Å². The first-order valence-corrected chi connectivity index (χ1v) is 9.66. The molecule has 0 amide bonds. The highest BCUT2D eigenvalue weighted by atomic mass is 79.9. The van der Waals surface area contributed by atoms with E-state index in [9.17, 15) is 13.5 Å². The summed E-state index contributed by atoms with van der Waals surface area (Å²) in [5.74, 6) is 0. The maximum absolute atomic E-state index is 13.2. The molecule has 6 nitrogen and oxygen atoms in total.